The Bertz CT molecular complexity index is 1170. The molecule has 0 aliphatic heterocycles. The monoisotopic (exact) mass is 436 g/mol. The van der Waals surface area contributed by atoms with Gasteiger partial charge >= 0.3 is 0 Å². The first-order chi connectivity index (χ1) is 14.8. The number of aromatic hydroxyl groups is 1. The Balaban J connectivity index is 1.54. The van der Waals surface area contributed by atoms with Gasteiger partial charge in [0.05, 0.1) is 29.6 Å². The number of rotatable bonds is 7. The molecule has 0 fully saturated rings. The maximum absolute atomic E-state index is 9.88. The lowest BCUT2D eigenvalue weighted by molar-refractivity contribution is 0.257. The second-order valence-corrected chi connectivity index (χ2v) is 8.83. The molecule has 6 nitrogen and oxygen atoms in total. The minimum atomic E-state index is -0.153. The first-order valence-corrected chi connectivity index (χ1v) is 10.4. The van der Waals surface area contributed by atoms with Crippen LogP contribution in [0.3, 0.4) is 0 Å². The molecule has 4 aromatic rings. The van der Waals surface area contributed by atoms with Crippen LogP contribution in [0.2, 0.25) is 5.02 Å². The van der Waals surface area contributed by atoms with E-state index in [4.69, 9.17) is 16.0 Å². The van der Waals surface area contributed by atoms with Crippen LogP contribution < -0.4 is 0 Å². The number of phenolic OH excluding ortho intramolecular Hbond substituents is 1. The van der Waals surface area contributed by atoms with Gasteiger partial charge in [0.25, 0.3) is 0 Å². The van der Waals surface area contributed by atoms with Crippen LogP contribution in [-0.2, 0) is 12.0 Å². The number of phenols is 1. The Kier molecular flexibility index (Phi) is 5.85. The molecular formula is C24H25ClN4O2. The smallest absolute Gasteiger partial charge is 0.134 e. The van der Waals surface area contributed by atoms with Crippen molar-refractivity contribution in [2.24, 2.45) is 0 Å². The van der Waals surface area contributed by atoms with Gasteiger partial charge in [0.15, 0.2) is 0 Å². The van der Waals surface area contributed by atoms with Crippen LogP contribution in [0.5, 0.6) is 5.75 Å². The average Bonchev–Trinajstić information content (AvgIpc) is 3.42. The van der Waals surface area contributed by atoms with E-state index in [0.717, 1.165) is 41.3 Å². The van der Waals surface area contributed by atoms with Gasteiger partial charge in [-0.05, 0) is 37.4 Å². The largest absolute Gasteiger partial charge is 0.506 e. The normalized spacial score (nSPS) is 11.9. The minimum Gasteiger partial charge on any atom is -0.506 e. The van der Waals surface area contributed by atoms with Crippen molar-refractivity contribution in [3.63, 3.8) is 0 Å². The molecule has 0 aliphatic carbocycles. The van der Waals surface area contributed by atoms with Crippen molar-refractivity contribution in [1.82, 2.24) is 19.4 Å². The number of hydrogen-bond acceptors (Lipinski definition) is 5. The van der Waals surface area contributed by atoms with Crippen LogP contribution in [0.1, 0.15) is 25.1 Å². The van der Waals surface area contributed by atoms with E-state index in [1.54, 1.807) is 31.0 Å². The van der Waals surface area contributed by atoms with Gasteiger partial charge in [-0.2, -0.15) is 0 Å². The number of aromatic nitrogens is 3. The van der Waals surface area contributed by atoms with Gasteiger partial charge in [0.1, 0.15) is 5.75 Å². The van der Waals surface area contributed by atoms with Gasteiger partial charge in [-0.15, -0.1) is 0 Å². The van der Waals surface area contributed by atoms with E-state index in [2.05, 4.69) is 41.8 Å². The number of imidazole rings is 1. The summed E-state index contributed by atoms with van der Waals surface area (Å²) < 4.78 is 7.13. The second-order valence-electron chi connectivity index (χ2n) is 8.42. The summed E-state index contributed by atoms with van der Waals surface area (Å²) in [6.07, 6.45) is 9.00. The molecule has 0 unspecified atom stereocenters. The van der Waals surface area contributed by atoms with E-state index in [1.807, 2.05) is 35.2 Å². The number of benzene rings is 1. The van der Waals surface area contributed by atoms with Crippen molar-refractivity contribution in [2.75, 3.05) is 13.6 Å². The molecule has 0 saturated carbocycles. The predicted molar refractivity (Wildman–Crippen MR) is 122 cm³/mol. The zero-order valence-corrected chi connectivity index (χ0v) is 18.5. The molecular weight excluding hydrogens is 412 g/mol. The summed E-state index contributed by atoms with van der Waals surface area (Å²) in [5.41, 5.74) is 4.54. The molecule has 1 N–H and O–H groups in total. The summed E-state index contributed by atoms with van der Waals surface area (Å²) in [4.78, 5) is 11.4. The van der Waals surface area contributed by atoms with Crippen LogP contribution in [0, 0.1) is 0 Å². The van der Waals surface area contributed by atoms with E-state index >= 15 is 0 Å². The van der Waals surface area contributed by atoms with E-state index in [-0.39, 0.29) is 11.2 Å². The molecule has 31 heavy (non-hydrogen) atoms. The number of pyridine rings is 1. The molecule has 0 aliphatic rings. The molecule has 0 bridgehead atoms. The number of nitrogens with zero attached hydrogens (tertiary/aromatic N) is 4. The lowest BCUT2D eigenvalue weighted by atomic mass is 9.88. The van der Waals surface area contributed by atoms with E-state index in [9.17, 15) is 5.11 Å². The fraction of sp³-hybridized carbons (Fsp3) is 0.250. The topological polar surface area (TPSA) is 67.3 Å². The third-order valence-electron chi connectivity index (χ3n) is 5.26. The second kappa shape index (κ2) is 8.57. The molecule has 0 amide bonds. The molecule has 3 aromatic heterocycles. The summed E-state index contributed by atoms with van der Waals surface area (Å²) in [6, 6.07) is 11.2. The summed E-state index contributed by atoms with van der Waals surface area (Å²) in [7, 11) is 2.10. The van der Waals surface area contributed by atoms with Crippen molar-refractivity contribution in [3.8, 4) is 22.7 Å². The van der Waals surface area contributed by atoms with Crippen molar-refractivity contribution in [3.05, 3.63) is 83.9 Å². The highest BCUT2D eigenvalue weighted by atomic mass is 35.5. The first-order valence-electron chi connectivity index (χ1n) is 10.0. The molecule has 3 heterocycles. The van der Waals surface area contributed by atoms with Gasteiger partial charge in [-0.1, -0.05) is 31.5 Å². The lowest BCUT2D eigenvalue weighted by Crippen LogP contribution is -2.35. The fourth-order valence-corrected chi connectivity index (χ4v) is 3.86. The summed E-state index contributed by atoms with van der Waals surface area (Å²) in [5.74, 6) is 0.0428. The van der Waals surface area contributed by atoms with Crippen molar-refractivity contribution in [1.29, 1.82) is 0 Å². The standard InChI is InChI=1S/C24H25ClN4O2/c1-24(2,15-28(3)12-17-7-9-31-14-17)23-11-19(6-8-26-23)29-13-21(27-16-29)18-4-5-20(25)22(30)10-18/h4-11,13-14,16,30H,12,15H2,1-3H3. The number of halogens is 1. The number of likely N-dealkylation sites (N-methyl/N-ethyl adjacent to an activating group) is 1. The van der Waals surface area contributed by atoms with Gasteiger partial charge in [-0.3, -0.25) is 4.98 Å². The van der Waals surface area contributed by atoms with Crippen LogP contribution in [0.15, 0.2) is 72.1 Å². The number of hydrogen-bond donors (Lipinski definition) is 1. The zero-order chi connectivity index (χ0) is 22.0. The summed E-state index contributed by atoms with van der Waals surface area (Å²) in [6.45, 7) is 6.05. The van der Waals surface area contributed by atoms with E-state index < -0.39 is 0 Å². The molecule has 0 saturated heterocycles. The Morgan fingerprint density at radius 2 is 2.00 bits per heavy atom. The Hall–Kier alpha value is -3.09. The molecule has 1 aromatic carbocycles. The molecule has 160 valence electrons. The average molecular weight is 437 g/mol. The third kappa shape index (κ3) is 4.81. The lowest BCUT2D eigenvalue weighted by Gasteiger charge is -2.30. The molecule has 0 radical (unpaired) electrons. The summed E-state index contributed by atoms with van der Waals surface area (Å²) >= 11 is 5.91. The van der Waals surface area contributed by atoms with Gasteiger partial charge in [-0.25, -0.2) is 4.98 Å². The SMILES string of the molecule is CN(Cc1ccoc1)CC(C)(C)c1cc(-n2cnc(-c3ccc(Cl)c(O)c3)c2)ccn1. The fourth-order valence-electron chi connectivity index (χ4n) is 3.74. The van der Waals surface area contributed by atoms with Crippen LogP contribution >= 0.6 is 11.6 Å². The van der Waals surface area contributed by atoms with Gasteiger partial charge < -0.3 is 19.0 Å². The molecule has 0 atom stereocenters. The zero-order valence-electron chi connectivity index (χ0n) is 17.8. The van der Waals surface area contributed by atoms with E-state index in [1.165, 1.54) is 0 Å². The van der Waals surface area contributed by atoms with Crippen molar-refractivity contribution in [2.45, 2.75) is 25.8 Å². The molecule has 4 rings (SSSR count). The van der Waals surface area contributed by atoms with Crippen molar-refractivity contribution < 1.29 is 9.52 Å². The highest BCUT2D eigenvalue weighted by Crippen LogP contribution is 2.29. The minimum absolute atomic E-state index is 0.0428. The van der Waals surface area contributed by atoms with Crippen LogP contribution in [-0.4, -0.2) is 38.1 Å². The van der Waals surface area contributed by atoms with Crippen LogP contribution in [0.25, 0.3) is 16.9 Å². The maximum atomic E-state index is 9.88. The Labute approximate surface area is 186 Å². The predicted octanol–water partition coefficient (Wildman–Crippen LogP) is 5.30. The Morgan fingerprint density at radius 1 is 1.16 bits per heavy atom. The quantitative estimate of drug-likeness (QED) is 0.426. The van der Waals surface area contributed by atoms with Crippen LogP contribution in [0.4, 0.5) is 0 Å². The first kappa shape index (κ1) is 21.2. The third-order valence-corrected chi connectivity index (χ3v) is 5.58. The number of furan rings is 1. The van der Waals surface area contributed by atoms with E-state index in [0.29, 0.717) is 5.02 Å². The summed E-state index contributed by atoms with van der Waals surface area (Å²) in [5, 5.41) is 10.2. The molecule has 0 spiro atoms. The maximum Gasteiger partial charge on any atom is 0.134 e. The van der Waals surface area contributed by atoms with Gasteiger partial charge in [0, 0.05) is 53.4 Å². The van der Waals surface area contributed by atoms with Crippen molar-refractivity contribution >= 4 is 11.6 Å². The highest BCUT2D eigenvalue weighted by Gasteiger charge is 2.25. The Morgan fingerprint density at radius 3 is 2.74 bits per heavy atom. The van der Waals surface area contributed by atoms with Gasteiger partial charge in [0.2, 0.25) is 0 Å². The highest BCUT2D eigenvalue weighted by molar-refractivity contribution is 6.32. The molecule has 7 heteroatoms.